The lowest BCUT2D eigenvalue weighted by Crippen LogP contribution is -2.12. The van der Waals surface area contributed by atoms with Crippen molar-refractivity contribution >= 4 is 34.9 Å². The van der Waals surface area contributed by atoms with Gasteiger partial charge in [0.1, 0.15) is 11.6 Å². The van der Waals surface area contributed by atoms with Gasteiger partial charge >= 0.3 is 0 Å². The second-order valence-electron chi connectivity index (χ2n) is 3.60. The normalized spacial score (nSPS) is 11.7. The largest absolute Gasteiger partial charge is 0.468 e. The van der Waals surface area contributed by atoms with E-state index in [-0.39, 0.29) is 5.88 Å². The van der Waals surface area contributed by atoms with E-state index < -0.39 is 0 Å². The van der Waals surface area contributed by atoms with Crippen LogP contribution in [0.5, 0.6) is 0 Å². The lowest BCUT2D eigenvalue weighted by molar-refractivity contribution is 0.530. The zero-order valence-corrected chi connectivity index (χ0v) is 11.2. The predicted octanol–water partition coefficient (Wildman–Crippen LogP) is 3.80. The number of benzene rings is 1. The summed E-state index contributed by atoms with van der Waals surface area (Å²) in [4.78, 5) is 5.33. The number of alkyl halides is 1. The second-order valence-corrected chi connectivity index (χ2v) is 4.91. The van der Waals surface area contributed by atoms with E-state index >= 15 is 0 Å². The highest BCUT2D eigenvalue weighted by Gasteiger charge is 1.99. The summed E-state index contributed by atoms with van der Waals surface area (Å²) in [6.45, 7) is 0. The summed E-state index contributed by atoms with van der Waals surface area (Å²) >= 11 is 7.28. The first-order valence-electron chi connectivity index (χ1n) is 5.42. The fourth-order valence-electron chi connectivity index (χ4n) is 1.36. The minimum Gasteiger partial charge on any atom is -0.468 e. The topological polar surface area (TPSA) is 51.5 Å². The molecule has 1 heterocycles. The molecule has 0 fully saturated rings. The molecule has 0 aliphatic rings. The Kier molecular flexibility index (Phi) is 4.73. The van der Waals surface area contributed by atoms with Gasteiger partial charge in [0.2, 0.25) is 0 Å². The van der Waals surface area contributed by atoms with Gasteiger partial charge in [-0.25, -0.2) is 4.99 Å². The fraction of sp³-hybridized carbons (Fsp3) is 0.154. The van der Waals surface area contributed by atoms with E-state index in [4.69, 9.17) is 21.8 Å². The number of amidine groups is 1. The number of hydrogen-bond acceptors (Lipinski definition) is 3. The van der Waals surface area contributed by atoms with Crippen LogP contribution in [0.1, 0.15) is 5.76 Å². The zero-order valence-electron chi connectivity index (χ0n) is 9.67. The molecule has 94 valence electrons. The minimum atomic E-state index is 0.245. The van der Waals surface area contributed by atoms with Crippen LogP contribution in [0.25, 0.3) is 0 Å². The monoisotopic (exact) mass is 280 g/mol. The van der Waals surface area contributed by atoms with Crippen molar-refractivity contribution in [3.05, 3.63) is 48.4 Å². The number of rotatable bonds is 5. The molecule has 18 heavy (non-hydrogen) atoms. The number of hydrogen-bond donors (Lipinski definition) is 1. The van der Waals surface area contributed by atoms with Gasteiger partial charge in [0, 0.05) is 4.90 Å². The molecular weight excluding hydrogens is 268 g/mol. The van der Waals surface area contributed by atoms with E-state index in [0.29, 0.717) is 5.84 Å². The first-order chi connectivity index (χ1) is 8.78. The van der Waals surface area contributed by atoms with Crippen LogP contribution in [0, 0.1) is 0 Å². The Balaban J connectivity index is 1.95. The molecule has 0 aliphatic carbocycles. The molecule has 0 bridgehead atoms. The van der Waals surface area contributed by atoms with E-state index in [1.165, 1.54) is 0 Å². The number of thioether (sulfide) groups is 1. The van der Waals surface area contributed by atoms with Gasteiger partial charge < -0.3 is 10.2 Å². The molecular formula is C13H13ClN2OS. The van der Waals surface area contributed by atoms with Crippen LogP contribution in [0.2, 0.25) is 0 Å². The first-order valence-corrected chi connectivity index (χ1v) is 6.94. The third-order valence-electron chi connectivity index (χ3n) is 2.21. The van der Waals surface area contributed by atoms with E-state index in [0.717, 1.165) is 22.1 Å². The summed E-state index contributed by atoms with van der Waals surface area (Å²) in [5.41, 5.74) is 6.38. The van der Waals surface area contributed by atoms with Gasteiger partial charge in [-0.05, 0) is 36.4 Å². The van der Waals surface area contributed by atoms with Crippen molar-refractivity contribution in [3.8, 4) is 0 Å². The van der Waals surface area contributed by atoms with E-state index in [9.17, 15) is 0 Å². The molecule has 3 nitrogen and oxygen atoms in total. The van der Waals surface area contributed by atoms with Crippen LogP contribution in [-0.2, 0) is 5.75 Å². The number of aliphatic imine (C=N–C) groups is 1. The van der Waals surface area contributed by atoms with Gasteiger partial charge in [0.25, 0.3) is 0 Å². The summed E-state index contributed by atoms with van der Waals surface area (Å²) in [5.74, 6) is 2.45. The molecule has 0 saturated carbocycles. The number of furan rings is 1. The Morgan fingerprint density at radius 2 is 2.06 bits per heavy atom. The quantitative estimate of drug-likeness (QED) is 0.392. The van der Waals surface area contributed by atoms with Crippen LogP contribution >= 0.6 is 23.4 Å². The highest BCUT2D eigenvalue weighted by Crippen LogP contribution is 2.25. The maximum Gasteiger partial charge on any atom is 0.115 e. The molecule has 0 amide bonds. The summed E-state index contributed by atoms with van der Waals surface area (Å²) in [6.07, 6.45) is 1.68. The van der Waals surface area contributed by atoms with Crippen LogP contribution in [0.4, 0.5) is 5.69 Å². The maximum atomic E-state index is 5.57. The first kappa shape index (κ1) is 13.1. The van der Waals surface area contributed by atoms with Gasteiger partial charge in [0.15, 0.2) is 0 Å². The Hall–Kier alpha value is -1.39. The number of nitrogens with zero attached hydrogens (tertiary/aromatic N) is 1. The summed E-state index contributed by atoms with van der Waals surface area (Å²) in [6, 6.07) is 11.7. The Bertz CT molecular complexity index is 508. The van der Waals surface area contributed by atoms with Gasteiger partial charge in [-0.1, -0.05) is 0 Å². The van der Waals surface area contributed by atoms with Crippen molar-refractivity contribution < 1.29 is 4.42 Å². The van der Waals surface area contributed by atoms with Crippen LogP contribution in [-0.4, -0.2) is 11.7 Å². The van der Waals surface area contributed by atoms with Crippen molar-refractivity contribution in [2.24, 2.45) is 10.7 Å². The molecule has 2 N–H and O–H groups in total. The molecule has 1 aromatic carbocycles. The van der Waals surface area contributed by atoms with Crippen molar-refractivity contribution in [2.45, 2.75) is 10.6 Å². The number of nitrogens with two attached hydrogens (primary N) is 1. The molecule has 1 aromatic heterocycles. The highest BCUT2D eigenvalue weighted by molar-refractivity contribution is 7.98. The SMILES string of the molecule is NC(CCl)=Nc1ccc(SCc2ccco2)cc1. The third-order valence-corrected chi connectivity index (χ3v) is 3.52. The molecule has 5 heteroatoms. The predicted molar refractivity (Wildman–Crippen MR) is 76.7 cm³/mol. The van der Waals surface area contributed by atoms with Crippen LogP contribution in [0.3, 0.4) is 0 Å². The van der Waals surface area contributed by atoms with Crippen molar-refractivity contribution in [3.63, 3.8) is 0 Å². The average molecular weight is 281 g/mol. The van der Waals surface area contributed by atoms with Crippen molar-refractivity contribution in [1.82, 2.24) is 0 Å². The molecule has 2 aromatic rings. The summed E-state index contributed by atoms with van der Waals surface area (Å²) < 4.78 is 5.27. The summed E-state index contributed by atoms with van der Waals surface area (Å²) in [7, 11) is 0. The van der Waals surface area contributed by atoms with E-state index in [2.05, 4.69) is 4.99 Å². The minimum absolute atomic E-state index is 0.245. The van der Waals surface area contributed by atoms with Gasteiger partial charge in [-0.3, -0.25) is 0 Å². The molecule has 0 spiro atoms. The van der Waals surface area contributed by atoms with Crippen LogP contribution in [0.15, 0.2) is 57.0 Å². The lowest BCUT2D eigenvalue weighted by atomic mass is 10.3. The average Bonchev–Trinajstić information content (AvgIpc) is 2.91. The van der Waals surface area contributed by atoms with E-state index in [1.807, 2.05) is 36.4 Å². The van der Waals surface area contributed by atoms with Crippen LogP contribution < -0.4 is 5.73 Å². The zero-order chi connectivity index (χ0) is 12.8. The lowest BCUT2D eigenvalue weighted by Gasteiger charge is -2.01. The van der Waals surface area contributed by atoms with Gasteiger partial charge in [-0.2, -0.15) is 0 Å². The molecule has 0 atom stereocenters. The Morgan fingerprint density at radius 1 is 1.28 bits per heavy atom. The standard InChI is InChI=1S/C13H13ClN2OS/c14-8-13(15)16-10-3-5-12(6-4-10)18-9-11-2-1-7-17-11/h1-7H,8-9H2,(H2,15,16). The molecule has 0 saturated heterocycles. The highest BCUT2D eigenvalue weighted by atomic mass is 35.5. The second kappa shape index (κ2) is 6.52. The van der Waals surface area contributed by atoms with Gasteiger partial charge in [-0.15, -0.1) is 23.4 Å². The maximum absolute atomic E-state index is 5.57. The third kappa shape index (κ3) is 3.82. The number of halogens is 1. The fourth-order valence-corrected chi connectivity index (χ4v) is 2.22. The van der Waals surface area contributed by atoms with Crippen molar-refractivity contribution in [1.29, 1.82) is 0 Å². The molecule has 0 aliphatic heterocycles. The molecule has 0 unspecified atom stereocenters. The van der Waals surface area contributed by atoms with Crippen molar-refractivity contribution in [2.75, 3.05) is 5.88 Å². The summed E-state index contributed by atoms with van der Waals surface area (Å²) in [5, 5.41) is 0. The van der Waals surface area contributed by atoms with E-state index in [1.54, 1.807) is 18.0 Å². The molecule has 0 radical (unpaired) electrons. The van der Waals surface area contributed by atoms with Gasteiger partial charge in [0.05, 0.1) is 23.6 Å². The Labute approximate surface area is 115 Å². The Morgan fingerprint density at radius 3 is 2.67 bits per heavy atom. The molecule has 2 rings (SSSR count). The smallest absolute Gasteiger partial charge is 0.115 e.